The van der Waals surface area contributed by atoms with Crippen molar-refractivity contribution in [2.24, 2.45) is 5.92 Å². The van der Waals surface area contributed by atoms with Crippen molar-refractivity contribution in [3.8, 4) is 0 Å². The van der Waals surface area contributed by atoms with Crippen LogP contribution >= 0.6 is 22.9 Å². The monoisotopic (exact) mass is 469 g/mol. The van der Waals surface area contributed by atoms with E-state index in [1.54, 1.807) is 37.3 Å². The summed E-state index contributed by atoms with van der Waals surface area (Å²) in [5.74, 6) is -1.19. The minimum Gasteiger partial charge on any atom is -0.347 e. The van der Waals surface area contributed by atoms with Crippen LogP contribution in [0, 0.1) is 19.8 Å². The van der Waals surface area contributed by atoms with Gasteiger partial charge in [-0.3, -0.25) is 9.59 Å². The van der Waals surface area contributed by atoms with Gasteiger partial charge in [-0.05, 0) is 56.5 Å². The van der Waals surface area contributed by atoms with Gasteiger partial charge in [0.1, 0.15) is 4.21 Å². The summed E-state index contributed by atoms with van der Waals surface area (Å²) in [4.78, 5) is 25.7. The van der Waals surface area contributed by atoms with Crippen LogP contribution in [0.3, 0.4) is 0 Å². The van der Waals surface area contributed by atoms with E-state index in [1.165, 1.54) is 15.6 Å². The molecule has 1 atom stereocenters. The van der Waals surface area contributed by atoms with Crippen molar-refractivity contribution in [1.29, 1.82) is 0 Å². The van der Waals surface area contributed by atoms with E-state index in [0.717, 1.165) is 10.4 Å². The number of halogens is 1. The number of anilines is 1. The summed E-state index contributed by atoms with van der Waals surface area (Å²) in [5, 5.41) is 5.89. The number of hydrogen-bond donors (Lipinski definition) is 2. The molecule has 2 aromatic rings. The Morgan fingerprint density at radius 3 is 2.70 bits per heavy atom. The summed E-state index contributed by atoms with van der Waals surface area (Å²) < 4.78 is 27.3. The van der Waals surface area contributed by atoms with Gasteiger partial charge in [-0.25, -0.2) is 8.42 Å². The Balaban J connectivity index is 1.56. The van der Waals surface area contributed by atoms with Crippen LogP contribution in [0.5, 0.6) is 0 Å². The van der Waals surface area contributed by atoms with E-state index in [9.17, 15) is 18.0 Å². The largest absolute Gasteiger partial charge is 0.347 e. The Labute approximate surface area is 185 Å². The summed E-state index contributed by atoms with van der Waals surface area (Å²) in [6.45, 7) is 3.95. The number of aryl methyl sites for hydroxylation is 1. The van der Waals surface area contributed by atoms with Crippen molar-refractivity contribution < 1.29 is 18.0 Å². The third-order valence-corrected chi connectivity index (χ3v) is 8.77. The third kappa shape index (κ3) is 5.21. The molecule has 7 nitrogen and oxygen atoms in total. The molecule has 162 valence electrons. The number of benzene rings is 1. The highest BCUT2D eigenvalue weighted by Gasteiger charge is 2.34. The van der Waals surface area contributed by atoms with Gasteiger partial charge in [-0.15, -0.1) is 11.3 Å². The fourth-order valence-electron chi connectivity index (χ4n) is 3.30. The summed E-state index contributed by atoms with van der Waals surface area (Å²) in [6, 6.07) is 8.56. The lowest BCUT2D eigenvalue weighted by molar-refractivity contribution is -0.128. The smallest absolute Gasteiger partial charge is 0.252 e. The summed E-state index contributed by atoms with van der Waals surface area (Å²) in [7, 11) is -3.61. The van der Waals surface area contributed by atoms with E-state index in [-0.39, 0.29) is 29.1 Å². The molecule has 1 unspecified atom stereocenters. The second kappa shape index (κ2) is 9.47. The SMILES string of the molecule is Cc1ccc(S(=O)(=O)N2CCCC(C(=O)NCC(=O)Nc3cccc(Cl)c3C)C2)s1. The van der Waals surface area contributed by atoms with Crippen LogP contribution in [-0.2, 0) is 19.6 Å². The first-order chi connectivity index (χ1) is 14.2. The fraction of sp³-hybridized carbons (Fsp3) is 0.400. The standard InChI is InChI=1S/C20H24ClN3O4S2/c1-13-8-9-19(29-13)30(27,28)24-10-4-5-15(12-24)20(26)22-11-18(25)23-17-7-3-6-16(21)14(17)2/h3,6-9,15H,4-5,10-12H2,1-2H3,(H,22,26)(H,23,25). The summed E-state index contributed by atoms with van der Waals surface area (Å²) in [6.07, 6.45) is 1.17. The zero-order valence-electron chi connectivity index (χ0n) is 16.8. The molecule has 1 fully saturated rings. The van der Waals surface area contributed by atoms with Crippen LogP contribution in [0.4, 0.5) is 5.69 Å². The van der Waals surface area contributed by atoms with Gasteiger partial charge in [-0.1, -0.05) is 17.7 Å². The van der Waals surface area contributed by atoms with Gasteiger partial charge < -0.3 is 10.6 Å². The number of carbonyl (C=O) groups excluding carboxylic acids is 2. The molecule has 1 aromatic heterocycles. The highest BCUT2D eigenvalue weighted by molar-refractivity contribution is 7.91. The predicted octanol–water partition coefficient (Wildman–Crippen LogP) is 3.17. The van der Waals surface area contributed by atoms with Crippen LogP contribution in [0.25, 0.3) is 0 Å². The van der Waals surface area contributed by atoms with Gasteiger partial charge in [0.15, 0.2) is 0 Å². The highest BCUT2D eigenvalue weighted by Crippen LogP contribution is 2.28. The lowest BCUT2D eigenvalue weighted by Crippen LogP contribution is -2.46. The van der Waals surface area contributed by atoms with E-state index in [1.807, 2.05) is 6.92 Å². The number of amides is 2. The molecule has 30 heavy (non-hydrogen) atoms. The minimum atomic E-state index is -3.61. The molecule has 3 rings (SSSR count). The molecular formula is C20H24ClN3O4S2. The van der Waals surface area contributed by atoms with Crippen LogP contribution in [0.15, 0.2) is 34.5 Å². The molecular weight excluding hydrogens is 446 g/mol. The first kappa shape index (κ1) is 22.7. The van der Waals surface area contributed by atoms with Gasteiger partial charge in [-0.2, -0.15) is 4.31 Å². The van der Waals surface area contributed by atoms with Crippen molar-refractivity contribution >= 4 is 50.5 Å². The van der Waals surface area contributed by atoms with Crippen LogP contribution < -0.4 is 10.6 Å². The lowest BCUT2D eigenvalue weighted by Gasteiger charge is -2.30. The topological polar surface area (TPSA) is 95.6 Å². The predicted molar refractivity (Wildman–Crippen MR) is 118 cm³/mol. The van der Waals surface area contributed by atoms with Crippen molar-refractivity contribution in [3.05, 3.63) is 45.8 Å². The first-order valence-electron chi connectivity index (χ1n) is 9.57. The quantitative estimate of drug-likeness (QED) is 0.679. The van der Waals surface area contributed by atoms with Gasteiger partial charge in [0.05, 0.1) is 12.5 Å². The minimum absolute atomic E-state index is 0.111. The second-order valence-electron chi connectivity index (χ2n) is 7.25. The van der Waals surface area contributed by atoms with E-state index in [0.29, 0.717) is 30.1 Å². The number of piperidine rings is 1. The van der Waals surface area contributed by atoms with Crippen LogP contribution in [0.2, 0.25) is 5.02 Å². The van der Waals surface area contributed by atoms with Crippen molar-refractivity contribution in [3.63, 3.8) is 0 Å². The molecule has 10 heteroatoms. The summed E-state index contributed by atoms with van der Waals surface area (Å²) in [5.41, 5.74) is 1.33. The Hall–Kier alpha value is -1.94. The first-order valence-corrected chi connectivity index (χ1v) is 12.2. The maximum atomic E-state index is 12.8. The van der Waals surface area contributed by atoms with Gasteiger partial charge in [0, 0.05) is 28.7 Å². The van der Waals surface area contributed by atoms with Gasteiger partial charge in [0.25, 0.3) is 10.0 Å². The molecule has 2 amide bonds. The molecule has 1 saturated heterocycles. The molecule has 0 saturated carbocycles. The number of nitrogens with one attached hydrogen (secondary N) is 2. The Morgan fingerprint density at radius 1 is 1.23 bits per heavy atom. The van der Waals surface area contributed by atoms with Gasteiger partial charge >= 0.3 is 0 Å². The Bertz CT molecular complexity index is 1050. The zero-order chi connectivity index (χ0) is 21.9. The molecule has 2 heterocycles. The van der Waals surface area contributed by atoms with E-state index < -0.39 is 15.9 Å². The fourth-order valence-corrected chi connectivity index (χ4v) is 6.44. The average molecular weight is 470 g/mol. The number of thiophene rings is 1. The third-order valence-electron chi connectivity index (χ3n) is 5.03. The molecule has 0 bridgehead atoms. The lowest BCUT2D eigenvalue weighted by atomic mass is 9.99. The number of hydrogen-bond acceptors (Lipinski definition) is 5. The highest BCUT2D eigenvalue weighted by atomic mass is 35.5. The van der Waals surface area contributed by atoms with E-state index >= 15 is 0 Å². The second-order valence-corrected chi connectivity index (χ2v) is 11.1. The molecule has 0 aliphatic carbocycles. The number of carbonyl (C=O) groups is 2. The molecule has 0 radical (unpaired) electrons. The zero-order valence-corrected chi connectivity index (χ0v) is 19.2. The van der Waals surface area contributed by atoms with Crippen LogP contribution in [-0.4, -0.2) is 44.2 Å². The average Bonchev–Trinajstić information content (AvgIpc) is 3.17. The van der Waals surface area contributed by atoms with E-state index in [4.69, 9.17) is 11.6 Å². The normalized spacial score (nSPS) is 17.5. The molecule has 2 N–H and O–H groups in total. The number of sulfonamides is 1. The van der Waals surface area contributed by atoms with Gasteiger partial charge in [0.2, 0.25) is 11.8 Å². The molecule has 1 aromatic carbocycles. The maximum absolute atomic E-state index is 12.8. The van der Waals surface area contributed by atoms with Crippen molar-refractivity contribution in [2.75, 3.05) is 25.0 Å². The number of rotatable bonds is 6. The Kier molecular flexibility index (Phi) is 7.18. The summed E-state index contributed by atoms with van der Waals surface area (Å²) >= 11 is 7.27. The molecule has 1 aliphatic rings. The van der Waals surface area contributed by atoms with Crippen molar-refractivity contribution in [1.82, 2.24) is 9.62 Å². The van der Waals surface area contributed by atoms with Crippen molar-refractivity contribution in [2.45, 2.75) is 30.9 Å². The maximum Gasteiger partial charge on any atom is 0.252 e. The molecule has 1 aliphatic heterocycles. The van der Waals surface area contributed by atoms with E-state index in [2.05, 4.69) is 10.6 Å². The number of nitrogens with zero attached hydrogens (tertiary/aromatic N) is 1. The molecule has 0 spiro atoms. The van der Waals surface area contributed by atoms with Crippen LogP contribution in [0.1, 0.15) is 23.3 Å². The Morgan fingerprint density at radius 2 is 2.00 bits per heavy atom.